The number of carbonyl (C=O) groups is 1. The number of nitrogens with one attached hydrogen (secondary N) is 1. The highest BCUT2D eigenvalue weighted by atomic mass is 16.4. The predicted molar refractivity (Wildman–Crippen MR) is 136 cm³/mol. The first kappa shape index (κ1) is 23.6. The fraction of sp³-hybridized carbons (Fsp3) is 0.481. The second-order valence-corrected chi connectivity index (χ2v) is 10.4. The van der Waals surface area contributed by atoms with Gasteiger partial charge in [-0.1, -0.05) is 19.9 Å². The average molecular weight is 479 g/mol. The van der Waals surface area contributed by atoms with Crippen molar-refractivity contribution in [2.45, 2.75) is 39.3 Å². The zero-order valence-electron chi connectivity index (χ0n) is 21.1. The summed E-state index contributed by atoms with van der Waals surface area (Å²) in [6, 6.07) is 8.82. The molecule has 186 valence electrons. The van der Waals surface area contributed by atoms with Crippen molar-refractivity contribution >= 4 is 16.9 Å². The number of aromatic amines is 1. The second kappa shape index (κ2) is 8.24. The first-order valence-corrected chi connectivity index (χ1v) is 12.3. The lowest BCUT2D eigenvalue weighted by Crippen LogP contribution is -2.34. The number of piperidine rings is 1. The summed E-state index contributed by atoms with van der Waals surface area (Å²) in [6.45, 7) is 7.28. The molecule has 3 N–H and O–H groups in total. The summed E-state index contributed by atoms with van der Waals surface area (Å²) in [6.07, 6.45) is 1.60. The van der Waals surface area contributed by atoms with Crippen LogP contribution in [0.5, 0.6) is 5.75 Å². The summed E-state index contributed by atoms with van der Waals surface area (Å²) in [5, 5.41) is 20.9. The van der Waals surface area contributed by atoms with Crippen molar-refractivity contribution in [2.24, 2.45) is 18.4 Å². The number of carboxylic acid groups (broad SMARTS) is 1. The highest BCUT2D eigenvalue weighted by Gasteiger charge is 2.68. The zero-order chi connectivity index (χ0) is 25.2. The van der Waals surface area contributed by atoms with Crippen LogP contribution in [-0.4, -0.2) is 68.8 Å². The topological polar surface area (TPSA) is 102 Å². The molecule has 0 amide bonds. The number of nitrogens with zero attached hydrogens (tertiary/aromatic N) is 3. The van der Waals surface area contributed by atoms with Crippen LogP contribution < -0.4 is 5.56 Å². The Labute approximate surface area is 204 Å². The Kier molecular flexibility index (Phi) is 5.56. The first-order valence-electron chi connectivity index (χ1n) is 12.3. The Balaban J connectivity index is 1.46. The minimum atomic E-state index is -1.44. The van der Waals surface area contributed by atoms with Gasteiger partial charge in [0.05, 0.1) is 5.69 Å². The van der Waals surface area contributed by atoms with Crippen LogP contribution in [0.2, 0.25) is 0 Å². The zero-order valence-corrected chi connectivity index (χ0v) is 21.1. The number of aromatic nitrogens is 2. The van der Waals surface area contributed by atoms with E-state index in [-0.39, 0.29) is 0 Å². The molecule has 0 spiro atoms. The lowest BCUT2D eigenvalue weighted by molar-refractivity contribution is 0.0691. The van der Waals surface area contributed by atoms with Crippen molar-refractivity contribution in [1.29, 1.82) is 0 Å². The summed E-state index contributed by atoms with van der Waals surface area (Å²) >= 11 is 0. The Bertz CT molecular complexity index is 1390. The Morgan fingerprint density at radius 1 is 1.26 bits per heavy atom. The smallest absolute Gasteiger partial charge is 0.345 e. The molecule has 2 fully saturated rings. The quantitative estimate of drug-likeness (QED) is 0.482. The summed E-state index contributed by atoms with van der Waals surface area (Å²) in [5.74, 6) is -1.15. The molecule has 35 heavy (non-hydrogen) atoms. The standard InChI is InChI=1S/C27H34N4O4/c1-6-18-22(28-25(33)21(23(18)32)26(34)35)15-8-9-20-16(10-15)11-17(30(20)5)12-31-13-19-24(29(3)4)27(19,7-2)14-31/h8-11,19,24H,6-7,12-14H2,1-5H3,(H,34,35)(H2,28,32,33)/t19-,24-,27-/m0/s1. The van der Waals surface area contributed by atoms with Gasteiger partial charge in [-0.15, -0.1) is 0 Å². The van der Waals surface area contributed by atoms with E-state index in [1.54, 1.807) is 0 Å². The number of H-pyrrole nitrogens is 1. The van der Waals surface area contributed by atoms with E-state index in [0.29, 0.717) is 29.1 Å². The third-order valence-corrected chi connectivity index (χ3v) is 8.46. The van der Waals surface area contributed by atoms with E-state index in [1.165, 1.54) is 12.1 Å². The molecule has 0 bridgehead atoms. The highest BCUT2D eigenvalue weighted by molar-refractivity contribution is 5.92. The first-order chi connectivity index (χ1) is 16.6. The molecule has 8 heteroatoms. The Morgan fingerprint density at radius 3 is 2.60 bits per heavy atom. The summed E-state index contributed by atoms with van der Waals surface area (Å²) in [4.78, 5) is 31.5. The van der Waals surface area contributed by atoms with Crippen LogP contribution in [-0.2, 0) is 20.0 Å². The summed E-state index contributed by atoms with van der Waals surface area (Å²) < 4.78 is 2.22. The van der Waals surface area contributed by atoms with Crippen LogP contribution in [0, 0.1) is 11.3 Å². The van der Waals surface area contributed by atoms with Gasteiger partial charge >= 0.3 is 5.97 Å². The molecule has 3 atom stereocenters. The van der Waals surface area contributed by atoms with E-state index >= 15 is 0 Å². The number of hydrogen-bond donors (Lipinski definition) is 3. The number of aromatic carboxylic acids is 1. The number of carboxylic acids is 1. The normalized spacial score (nSPS) is 23.8. The lowest BCUT2D eigenvalue weighted by atomic mass is 9.99. The molecule has 1 aromatic carbocycles. The fourth-order valence-electron chi connectivity index (χ4n) is 6.74. The molecular formula is C27H34N4O4. The molecule has 1 aliphatic heterocycles. The molecule has 5 rings (SSSR count). The molecule has 1 aliphatic carbocycles. The van der Waals surface area contributed by atoms with Crippen LogP contribution in [0.1, 0.15) is 41.9 Å². The number of aryl methyl sites for hydroxylation is 1. The third kappa shape index (κ3) is 3.50. The van der Waals surface area contributed by atoms with Crippen LogP contribution in [0.4, 0.5) is 0 Å². The number of fused-ring (bicyclic) bond motifs is 2. The molecule has 1 saturated heterocycles. The maximum absolute atomic E-state index is 12.4. The van der Waals surface area contributed by atoms with E-state index in [0.717, 1.165) is 42.0 Å². The maximum atomic E-state index is 12.4. The van der Waals surface area contributed by atoms with Gasteiger partial charge in [0.25, 0.3) is 5.56 Å². The van der Waals surface area contributed by atoms with Gasteiger partial charge in [-0.25, -0.2) is 4.79 Å². The number of aromatic hydroxyl groups is 1. The van der Waals surface area contributed by atoms with Crippen molar-refractivity contribution in [3.05, 3.63) is 51.4 Å². The summed E-state index contributed by atoms with van der Waals surface area (Å²) in [7, 11) is 6.47. The minimum absolute atomic E-state index is 0.388. The largest absolute Gasteiger partial charge is 0.506 e. The SMILES string of the molecule is CCc1c(-c2ccc3c(c2)cc(CN2C[C@H]4[C@H](N(C)C)[C@@]4(CC)C2)n3C)[nH]c(=O)c(C(=O)O)c1O. The number of benzene rings is 1. The van der Waals surface area contributed by atoms with Gasteiger partial charge < -0.3 is 24.7 Å². The van der Waals surface area contributed by atoms with E-state index in [4.69, 9.17) is 0 Å². The van der Waals surface area contributed by atoms with Crippen molar-refractivity contribution in [2.75, 3.05) is 27.2 Å². The molecule has 3 heterocycles. The lowest BCUT2D eigenvalue weighted by Gasteiger charge is -2.26. The van der Waals surface area contributed by atoms with E-state index in [9.17, 15) is 19.8 Å². The summed E-state index contributed by atoms with van der Waals surface area (Å²) in [5.41, 5.74) is 2.98. The average Bonchev–Trinajstić information content (AvgIpc) is 3.10. The Morgan fingerprint density at radius 2 is 2.00 bits per heavy atom. The van der Waals surface area contributed by atoms with Crippen LogP contribution >= 0.6 is 0 Å². The number of pyridine rings is 1. The minimum Gasteiger partial charge on any atom is -0.506 e. The maximum Gasteiger partial charge on any atom is 0.345 e. The van der Waals surface area contributed by atoms with Crippen LogP contribution in [0.3, 0.4) is 0 Å². The monoisotopic (exact) mass is 478 g/mol. The highest BCUT2D eigenvalue weighted by Crippen LogP contribution is 2.62. The molecule has 0 radical (unpaired) electrons. The van der Waals surface area contributed by atoms with Crippen molar-refractivity contribution < 1.29 is 15.0 Å². The van der Waals surface area contributed by atoms with Crippen LogP contribution in [0.25, 0.3) is 22.2 Å². The van der Waals surface area contributed by atoms with Crippen molar-refractivity contribution in [1.82, 2.24) is 19.4 Å². The van der Waals surface area contributed by atoms with Crippen molar-refractivity contribution in [3.8, 4) is 17.0 Å². The molecule has 8 nitrogen and oxygen atoms in total. The van der Waals surface area contributed by atoms with Crippen molar-refractivity contribution in [3.63, 3.8) is 0 Å². The molecular weight excluding hydrogens is 444 g/mol. The predicted octanol–water partition coefficient (Wildman–Crippen LogP) is 3.27. The second-order valence-electron chi connectivity index (χ2n) is 10.4. The van der Waals surface area contributed by atoms with Gasteiger partial charge in [0, 0.05) is 60.3 Å². The fourth-order valence-corrected chi connectivity index (χ4v) is 6.74. The number of hydrogen-bond acceptors (Lipinski definition) is 5. The van der Waals surface area contributed by atoms with Gasteiger partial charge in [-0.05, 0) is 56.6 Å². The number of likely N-dealkylation sites (tertiary alicyclic amines) is 1. The van der Waals surface area contributed by atoms with Gasteiger partial charge in [0.1, 0.15) is 5.75 Å². The van der Waals surface area contributed by atoms with Gasteiger partial charge in [0.15, 0.2) is 5.56 Å². The number of rotatable bonds is 7. The Hall–Kier alpha value is -3.10. The molecule has 1 saturated carbocycles. The molecule has 0 unspecified atom stereocenters. The van der Waals surface area contributed by atoms with Gasteiger partial charge in [-0.2, -0.15) is 0 Å². The molecule has 2 aromatic heterocycles. The van der Waals surface area contributed by atoms with Gasteiger partial charge in [-0.3, -0.25) is 9.69 Å². The van der Waals surface area contributed by atoms with Gasteiger partial charge in [0.2, 0.25) is 0 Å². The molecule has 3 aromatic rings. The van der Waals surface area contributed by atoms with E-state index in [2.05, 4.69) is 53.5 Å². The third-order valence-electron chi connectivity index (χ3n) is 8.46. The molecule has 2 aliphatic rings. The van der Waals surface area contributed by atoms with E-state index in [1.807, 2.05) is 25.1 Å². The van der Waals surface area contributed by atoms with Crippen LogP contribution in [0.15, 0.2) is 29.1 Å². The van der Waals surface area contributed by atoms with E-state index < -0.39 is 22.8 Å².